The number of rotatable bonds is 4. The maximum Gasteiger partial charge on any atom is 0.141 e. The number of aromatic amines is 1. The summed E-state index contributed by atoms with van der Waals surface area (Å²) in [5.41, 5.74) is 9.85. The third-order valence-corrected chi connectivity index (χ3v) is 8.10. The molecule has 0 aliphatic heterocycles. The zero-order chi connectivity index (χ0) is 21.1. The van der Waals surface area contributed by atoms with Gasteiger partial charge in [0.15, 0.2) is 0 Å². The van der Waals surface area contributed by atoms with Gasteiger partial charge in [-0.25, -0.2) is 4.68 Å². The predicted octanol–water partition coefficient (Wildman–Crippen LogP) is 4.13. The molecule has 4 aromatic rings. The summed E-state index contributed by atoms with van der Waals surface area (Å²) in [7, 11) is 2.19. The second-order valence-electron chi connectivity index (χ2n) is 9.09. The van der Waals surface area contributed by atoms with Crippen molar-refractivity contribution in [1.82, 2.24) is 20.0 Å². The zero-order valence-electron chi connectivity index (χ0n) is 17.4. The van der Waals surface area contributed by atoms with Gasteiger partial charge in [-0.1, -0.05) is 6.07 Å². The molecular formula is C23H26N6OS. The summed E-state index contributed by atoms with van der Waals surface area (Å²) < 4.78 is 2.87. The number of fused-ring (bicyclic) bond motifs is 2. The fourth-order valence-electron chi connectivity index (χ4n) is 5.08. The van der Waals surface area contributed by atoms with Crippen molar-refractivity contribution in [3.63, 3.8) is 0 Å². The maximum atomic E-state index is 10.6. The Morgan fingerprint density at radius 1 is 1.16 bits per heavy atom. The molecule has 2 aliphatic carbocycles. The Morgan fingerprint density at radius 3 is 2.81 bits per heavy atom. The summed E-state index contributed by atoms with van der Waals surface area (Å²) in [6, 6.07) is 8.58. The average molecular weight is 435 g/mol. The van der Waals surface area contributed by atoms with Gasteiger partial charge in [0.05, 0.1) is 15.9 Å². The van der Waals surface area contributed by atoms with Gasteiger partial charge in [-0.05, 0) is 55.2 Å². The normalized spacial score (nSPS) is 25.4. The van der Waals surface area contributed by atoms with Crippen LogP contribution in [0.15, 0.2) is 42.9 Å². The number of nitrogens with zero attached hydrogens (tertiary/aromatic N) is 4. The van der Waals surface area contributed by atoms with Crippen LogP contribution < -0.4 is 10.6 Å². The van der Waals surface area contributed by atoms with Crippen molar-refractivity contribution >= 4 is 26.6 Å². The van der Waals surface area contributed by atoms with Crippen LogP contribution in [-0.2, 0) is 0 Å². The van der Waals surface area contributed by atoms with Gasteiger partial charge >= 0.3 is 0 Å². The Balaban J connectivity index is 1.25. The first-order valence-corrected chi connectivity index (χ1v) is 11.7. The van der Waals surface area contributed by atoms with E-state index in [0.717, 1.165) is 39.6 Å². The van der Waals surface area contributed by atoms with Crippen LogP contribution in [0.4, 0.5) is 5.00 Å². The van der Waals surface area contributed by atoms with E-state index < -0.39 is 0 Å². The van der Waals surface area contributed by atoms with Crippen molar-refractivity contribution in [1.29, 1.82) is 0 Å². The van der Waals surface area contributed by atoms with E-state index in [1.54, 1.807) is 34.5 Å². The monoisotopic (exact) mass is 434 g/mol. The highest BCUT2D eigenvalue weighted by molar-refractivity contribution is 7.22. The first-order valence-electron chi connectivity index (χ1n) is 10.9. The number of nitrogens with one attached hydrogen (secondary N) is 1. The Labute approximate surface area is 184 Å². The second kappa shape index (κ2) is 7.10. The van der Waals surface area contributed by atoms with E-state index in [2.05, 4.69) is 28.2 Å². The number of aromatic hydroxyl groups is 1. The van der Waals surface area contributed by atoms with Gasteiger partial charge in [-0.2, -0.15) is 10.2 Å². The minimum Gasteiger partial charge on any atom is -0.506 e. The van der Waals surface area contributed by atoms with Gasteiger partial charge in [0, 0.05) is 43.2 Å². The molecule has 0 bridgehead atoms. The minimum atomic E-state index is 0.192. The van der Waals surface area contributed by atoms with Crippen LogP contribution in [0, 0.1) is 11.8 Å². The van der Waals surface area contributed by atoms with Crippen molar-refractivity contribution in [2.45, 2.75) is 37.8 Å². The van der Waals surface area contributed by atoms with Crippen LogP contribution in [0.2, 0.25) is 0 Å². The average Bonchev–Trinajstić information content (AvgIpc) is 3.11. The summed E-state index contributed by atoms with van der Waals surface area (Å²) >= 11 is 1.75. The highest BCUT2D eigenvalue weighted by Gasteiger charge is 2.43. The highest BCUT2D eigenvalue weighted by atomic mass is 32.1. The van der Waals surface area contributed by atoms with E-state index in [4.69, 9.17) is 10.8 Å². The fourth-order valence-corrected chi connectivity index (χ4v) is 6.12. The fraction of sp³-hybridized carbons (Fsp3) is 0.391. The molecule has 0 amide bonds. The van der Waals surface area contributed by atoms with Crippen LogP contribution in [0.25, 0.3) is 27.0 Å². The van der Waals surface area contributed by atoms with Crippen molar-refractivity contribution in [3.05, 3.63) is 42.9 Å². The third kappa shape index (κ3) is 3.40. The van der Waals surface area contributed by atoms with Crippen LogP contribution in [0.3, 0.4) is 0 Å². The summed E-state index contributed by atoms with van der Waals surface area (Å²) in [4.78, 5) is 2.41. The molecule has 0 spiro atoms. The molecule has 2 saturated carbocycles. The van der Waals surface area contributed by atoms with Crippen molar-refractivity contribution in [2.24, 2.45) is 17.6 Å². The molecule has 8 heteroatoms. The first kappa shape index (κ1) is 18.9. The van der Waals surface area contributed by atoms with Crippen LogP contribution in [0.5, 0.6) is 5.75 Å². The molecule has 0 saturated heterocycles. The minimum absolute atomic E-state index is 0.192. The van der Waals surface area contributed by atoms with Crippen LogP contribution in [-0.4, -0.2) is 44.2 Å². The standard InChI is InChI=1S/C23H26N6OS/c1-28(18-6-15-4-14(15)5-17(24)8-18)23-9-19-22(31-23)12-29(27-19)20-3-2-13(7-21(20)30)16-10-25-26-11-16/h2-3,7,9-12,14-15,17-18,30H,4-6,8,24H2,1H3,(H,25,26)/t14?,15-,17?,18?/m1/s1. The quantitative estimate of drug-likeness (QED) is 0.449. The van der Waals surface area contributed by atoms with Crippen LogP contribution in [0.1, 0.15) is 25.7 Å². The van der Waals surface area contributed by atoms with E-state index in [1.165, 1.54) is 24.3 Å². The number of hydrogen-bond acceptors (Lipinski definition) is 6. The topological polar surface area (TPSA) is 96.0 Å². The van der Waals surface area contributed by atoms with Crippen molar-refractivity contribution < 1.29 is 5.11 Å². The number of hydrogen-bond donors (Lipinski definition) is 3. The second-order valence-corrected chi connectivity index (χ2v) is 10.1. The number of H-pyrrole nitrogens is 1. The molecular weight excluding hydrogens is 408 g/mol. The number of phenols is 1. The lowest BCUT2D eigenvalue weighted by Gasteiger charge is -2.29. The maximum absolute atomic E-state index is 10.6. The molecule has 3 unspecified atom stereocenters. The summed E-state index contributed by atoms with van der Waals surface area (Å²) in [5, 5.41) is 23.3. The zero-order valence-corrected chi connectivity index (χ0v) is 18.2. The number of phenolic OH excluding ortho intramolecular Hbond substituents is 1. The van der Waals surface area contributed by atoms with Crippen molar-refractivity contribution in [2.75, 3.05) is 11.9 Å². The Bertz CT molecular complexity index is 1190. The molecule has 3 heterocycles. The molecule has 3 aromatic heterocycles. The lowest BCUT2D eigenvalue weighted by molar-refractivity contribution is 0.471. The van der Waals surface area contributed by atoms with Crippen molar-refractivity contribution in [3.8, 4) is 22.6 Å². The van der Waals surface area contributed by atoms with Gasteiger partial charge in [0.25, 0.3) is 0 Å². The van der Waals surface area contributed by atoms with E-state index in [0.29, 0.717) is 17.8 Å². The summed E-state index contributed by atoms with van der Waals surface area (Å²) in [6.45, 7) is 0. The Morgan fingerprint density at radius 2 is 2.03 bits per heavy atom. The number of benzene rings is 1. The van der Waals surface area contributed by atoms with Gasteiger partial charge in [0.1, 0.15) is 17.0 Å². The molecule has 160 valence electrons. The number of anilines is 1. The lowest BCUT2D eigenvalue weighted by atomic mass is 10.0. The van der Waals surface area contributed by atoms with E-state index >= 15 is 0 Å². The van der Waals surface area contributed by atoms with Gasteiger partial charge < -0.3 is 15.7 Å². The summed E-state index contributed by atoms with van der Waals surface area (Å²) in [5.74, 6) is 1.93. The first-order chi connectivity index (χ1) is 15.0. The van der Waals surface area contributed by atoms with E-state index in [1.807, 2.05) is 18.3 Å². The molecule has 2 fully saturated rings. The van der Waals surface area contributed by atoms with E-state index in [-0.39, 0.29) is 5.75 Å². The summed E-state index contributed by atoms with van der Waals surface area (Å²) in [6.07, 6.45) is 10.4. The molecule has 2 aliphatic rings. The predicted molar refractivity (Wildman–Crippen MR) is 124 cm³/mol. The lowest BCUT2D eigenvalue weighted by Crippen LogP contribution is -2.36. The molecule has 7 nitrogen and oxygen atoms in total. The molecule has 0 radical (unpaired) electrons. The molecule has 31 heavy (non-hydrogen) atoms. The SMILES string of the molecule is CN(c1cc2nn(-c3ccc(-c4cn[nH]c4)cc3O)cc2s1)C1CC(N)CC2C[C@@H]2C1. The number of thiophene rings is 1. The van der Waals surface area contributed by atoms with Gasteiger partial charge in [-0.15, -0.1) is 11.3 Å². The molecule has 1 aromatic carbocycles. The van der Waals surface area contributed by atoms with Gasteiger partial charge in [-0.3, -0.25) is 5.10 Å². The molecule has 6 rings (SSSR count). The third-order valence-electron chi connectivity index (χ3n) is 6.96. The number of aromatic nitrogens is 4. The highest BCUT2D eigenvalue weighted by Crippen LogP contribution is 2.49. The van der Waals surface area contributed by atoms with Gasteiger partial charge in [0.2, 0.25) is 0 Å². The van der Waals surface area contributed by atoms with E-state index in [9.17, 15) is 5.11 Å². The largest absolute Gasteiger partial charge is 0.506 e. The number of nitrogens with two attached hydrogens (primary N) is 1. The van der Waals surface area contributed by atoms with Crippen LogP contribution >= 0.6 is 11.3 Å². The Kier molecular flexibility index (Phi) is 4.33. The smallest absolute Gasteiger partial charge is 0.141 e. The molecule has 4 N–H and O–H groups in total. The molecule has 4 atom stereocenters. The Hall–Kier alpha value is -2.84.